The lowest BCUT2D eigenvalue weighted by molar-refractivity contribution is 0.0596. The van der Waals surface area contributed by atoms with Crippen molar-refractivity contribution in [2.24, 2.45) is 0 Å². The van der Waals surface area contributed by atoms with Crippen molar-refractivity contribution in [2.75, 3.05) is 33.3 Å². The molecule has 0 aromatic heterocycles. The summed E-state index contributed by atoms with van der Waals surface area (Å²) in [6, 6.07) is 6.42. The van der Waals surface area contributed by atoms with Crippen molar-refractivity contribution in [3.05, 3.63) is 33.8 Å². The second kappa shape index (κ2) is 7.38. The number of methoxy groups -OCH3 is 1. The molecule has 116 valence electrons. The lowest BCUT2D eigenvalue weighted by atomic mass is 10.1. The highest BCUT2D eigenvalue weighted by atomic mass is 79.9. The largest absolute Gasteiger partial charge is 0.465 e. The van der Waals surface area contributed by atoms with Crippen LogP contribution in [0.15, 0.2) is 22.7 Å². The van der Waals surface area contributed by atoms with Crippen LogP contribution < -0.4 is 0 Å². The van der Waals surface area contributed by atoms with Gasteiger partial charge in [0.1, 0.15) is 0 Å². The fourth-order valence-electron chi connectivity index (χ4n) is 2.67. The molecule has 5 heteroatoms. The first kappa shape index (κ1) is 16.5. The number of ether oxygens (including phenoxy) is 1. The van der Waals surface area contributed by atoms with Crippen molar-refractivity contribution in [1.82, 2.24) is 9.80 Å². The summed E-state index contributed by atoms with van der Waals surface area (Å²) in [5, 5.41) is 0. The molecule has 2 rings (SSSR count). The van der Waals surface area contributed by atoms with Crippen LogP contribution in [0.3, 0.4) is 0 Å². The topological polar surface area (TPSA) is 32.8 Å². The van der Waals surface area contributed by atoms with E-state index in [9.17, 15) is 4.79 Å². The number of halogens is 1. The van der Waals surface area contributed by atoms with Crippen molar-refractivity contribution in [3.8, 4) is 0 Å². The molecular weight excluding hydrogens is 332 g/mol. The van der Waals surface area contributed by atoms with E-state index in [1.54, 1.807) is 0 Å². The average molecular weight is 355 g/mol. The van der Waals surface area contributed by atoms with Gasteiger partial charge < -0.3 is 4.74 Å². The van der Waals surface area contributed by atoms with Crippen molar-refractivity contribution >= 4 is 21.9 Å². The molecule has 0 saturated carbocycles. The second-order valence-corrected chi connectivity index (χ2v) is 6.61. The van der Waals surface area contributed by atoms with Crippen LogP contribution in [0, 0.1) is 0 Å². The highest BCUT2D eigenvalue weighted by Crippen LogP contribution is 2.20. The third kappa shape index (κ3) is 4.28. The van der Waals surface area contributed by atoms with Crippen molar-refractivity contribution in [3.63, 3.8) is 0 Å². The highest BCUT2D eigenvalue weighted by Gasteiger charge is 2.21. The minimum atomic E-state index is -0.271. The van der Waals surface area contributed by atoms with Gasteiger partial charge in [-0.2, -0.15) is 0 Å². The van der Waals surface area contributed by atoms with Gasteiger partial charge in [-0.1, -0.05) is 22.0 Å². The van der Waals surface area contributed by atoms with Gasteiger partial charge in [0, 0.05) is 43.2 Å². The maximum Gasteiger partial charge on any atom is 0.338 e. The molecule has 0 amide bonds. The summed E-state index contributed by atoms with van der Waals surface area (Å²) in [6.07, 6.45) is 0. The van der Waals surface area contributed by atoms with E-state index in [0.29, 0.717) is 11.6 Å². The molecule has 21 heavy (non-hydrogen) atoms. The molecule has 4 nitrogen and oxygen atoms in total. The van der Waals surface area contributed by atoms with Crippen LogP contribution in [0.25, 0.3) is 0 Å². The number of benzene rings is 1. The van der Waals surface area contributed by atoms with E-state index >= 15 is 0 Å². The van der Waals surface area contributed by atoms with Gasteiger partial charge in [-0.05, 0) is 31.5 Å². The molecule has 1 heterocycles. The van der Waals surface area contributed by atoms with Crippen LogP contribution in [0.5, 0.6) is 0 Å². The summed E-state index contributed by atoms with van der Waals surface area (Å²) in [5.41, 5.74) is 1.68. The molecule has 1 aliphatic rings. The average Bonchev–Trinajstić information content (AvgIpc) is 2.48. The van der Waals surface area contributed by atoms with Gasteiger partial charge in [-0.25, -0.2) is 4.79 Å². The Labute approximate surface area is 135 Å². The Bertz CT molecular complexity index is 497. The Morgan fingerprint density at radius 2 is 1.95 bits per heavy atom. The maximum absolute atomic E-state index is 11.9. The monoisotopic (exact) mass is 354 g/mol. The predicted octanol–water partition coefficient (Wildman–Crippen LogP) is 2.76. The maximum atomic E-state index is 11.9. The zero-order valence-electron chi connectivity index (χ0n) is 12.9. The van der Waals surface area contributed by atoms with Gasteiger partial charge >= 0.3 is 5.97 Å². The number of hydrogen-bond donors (Lipinski definition) is 0. The van der Waals surface area contributed by atoms with Gasteiger partial charge in [0.2, 0.25) is 0 Å². The molecular formula is C16H23BrN2O2. The molecule has 0 N–H and O–H groups in total. The lowest BCUT2D eigenvalue weighted by Gasteiger charge is -2.37. The fourth-order valence-corrected chi connectivity index (χ4v) is 3.03. The molecule has 0 radical (unpaired) electrons. The third-order valence-corrected chi connectivity index (χ3v) is 4.50. The van der Waals surface area contributed by atoms with E-state index in [4.69, 9.17) is 4.74 Å². The summed E-state index contributed by atoms with van der Waals surface area (Å²) in [4.78, 5) is 16.8. The summed E-state index contributed by atoms with van der Waals surface area (Å²) < 4.78 is 5.78. The molecule has 0 bridgehead atoms. The molecule has 1 aromatic rings. The third-order valence-electron chi connectivity index (χ3n) is 4.01. The number of piperazine rings is 1. The molecule has 0 unspecified atom stereocenters. The molecule has 0 spiro atoms. The normalized spacial score (nSPS) is 17.2. The molecule has 1 aliphatic heterocycles. The van der Waals surface area contributed by atoms with E-state index < -0.39 is 0 Å². The number of carbonyl (C=O) groups is 1. The number of esters is 1. The second-order valence-electron chi connectivity index (χ2n) is 5.70. The van der Waals surface area contributed by atoms with E-state index in [1.807, 2.05) is 18.2 Å². The zero-order valence-corrected chi connectivity index (χ0v) is 14.5. The molecule has 0 aliphatic carbocycles. The van der Waals surface area contributed by atoms with E-state index in [2.05, 4.69) is 39.6 Å². The van der Waals surface area contributed by atoms with Gasteiger partial charge in [-0.15, -0.1) is 0 Å². The molecule has 1 fully saturated rings. The Balaban J connectivity index is 2.05. The fraction of sp³-hybridized carbons (Fsp3) is 0.562. The Morgan fingerprint density at radius 1 is 1.29 bits per heavy atom. The van der Waals surface area contributed by atoms with Gasteiger partial charge in [-0.3, -0.25) is 9.80 Å². The quantitative estimate of drug-likeness (QED) is 0.778. The predicted molar refractivity (Wildman–Crippen MR) is 87.5 cm³/mol. The van der Waals surface area contributed by atoms with Gasteiger partial charge in [0.05, 0.1) is 12.7 Å². The first-order valence-electron chi connectivity index (χ1n) is 7.34. The van der Waals surface area contributed by atoms with Crippen molar-refractivity contribution < 1.29 is 9.53 Å². The minimum Gasteiger partial charge on any atom is -0.465 e. The van der Waals surface area contributed by atoms with E-state index in [0.717, 1.165) is 42.8 Å². The van der Waals surface area contributed by atoms with Crippen LogP contribution in [0.1, 0.15) is 29.8 Å². The minimum absolute atomic E-state index is 0.271. The number of rotatable bonds is 4. The molecule has 1 saturated heterocycles. The molecule has 1 aromatic carbocycles. The lowest BCUT2D eigenvalue weighted by Crippen LogP contribution is -2.48. The first-order chi connectivity index (χ1) is 10.0. The number of nitrogens with zero attached hydrogens (tertiary/aromatic N) is 2. The standard InChI is InChI=1S/C16H23BrN2O2/c1-12(2)19-8-6-18(7-9-19)11-13-4-5-14(17)10-15(13)16(20)21-3/h4-5,10,12H,6-9,11H2,1-3H3. The Hall–Kier alpha value is -0.910. The highest BCUT2D eigenvalue weighted by molar-refractivity contribution is 9.10. The van der Waals surface area contributed by atoms with E-state index in [1.165, 1.54) is 7.11 Å². The van der Waals surface area contributed by atoms with Crippen molar-refractivity contribution in [1.29, 1.82) is 0 Å². The van der Waals surface area contributed by atoms with E-state index in [-0.39, 0.29) is 5.97 Å². The summed E-state index contributed by atoms with van der Waals surface area (Å²) in [7, 11) is 1.43. The van der Waals surface area contributed by atoms with Crippen LogP contribution in [-0.4, -0.2) is 55.1 Å². The summed E-state index contributed by atoms with van der Waals surface area (Å²) in [6.45, 7) is 9.51. The summed E-state index contributed by atoms with van der Waals surface area (Å²) >= 11 is 3.41. The Morgan fingerprint density at radius 3 is 2.52 bits per heavy atom. The van der Waals surface area contributed by atoms with Crippen LogP contribution in [0.4, 0.5) is 0 Å². The summed E-state index contributed by atoms with van der Waals surface area (Å²) in [5.74, 6) is -0.271. The number of hydrogen-bond acceptors (Lipinski definition) is 4. The first-order valence-corrected chi connectivity index (χ1v) is 8.13. The van der Waals surface area contributed by atoms with Crippen LogP contribution in [0.2, 0.25) is 0 Å². The number of carbonyl (C=O) groups excluding carboxylic acids is 1. The smallest absolute Gasteiger partial charge is 0.338 e. The zero-order chi connectivity index (χ0) is 15.4. The van der Waals surface area contributed by atoms with Gasteiger partial charge in [0.25, 0.3) is 0 Å². The van der Waals surface area contributed by atoms with Crippen molar-refractivity contribution in [2.45, 2.75) is 26.4 Å². The van der Waals surface area contributed by atoms with Crippen LogP contribution >= 0.6 is 15.9 Å². The molecule has 0 atom stereocenters. The van der Waals surface area contributed by atoms with Gasteiger partial charge in [0.15, 0.2) is 0 Å². The van der Waals surface area contributed by atoms with Crippen LogP contribution in [-0.2, 0) is 11.3 Å². The SMILES string of the molecule is COC(=O)c1cc(Br)ccc1CN1CCN(C(C)C)CC1. The Kier molecular flexibility index (Phi) is 5.79.